The number of aliphatic hydroxyl groups excluding tert-OH is 1. The van der Waals surface area contributed by atoms with Gasteiger partial charge in [-0.25, -0.2) is 0 Å². The van der Waals surface area contributed by atoms with Crippen molar-refractivity contribution >= 4 is 5.78 Å². The summed E-state index contributed by atoms with van der Waals surface area (Å²) in [6.07, 6.45) is 5.71. The first-order valence-corrected chi connectivity index (χ1v) is 6.62. The van der Waals surface area contributed by atoms with E-state index in [0.29, 0.717) is 19.1 Å². The number of nitrogens with zero attached hydrogens (tertiary/aromatic N) is 2. The van der Waals surface area contributed by atoms with Gasteiger partial charge in [0.2, 0.25) is 0 Å². The third-order valence-electron chi connectivity index (χ3n) is 3.35. The van der Waals surface area contributed by atoms with Crippen LogP contribution in [-0.2, 0) is 7.05 Å². The Kier molecular flexibility index (Phi) is 6.09. The van der Waals surface area contributed by atoms with Gasteiger partial charge in [-0.15, -0.1) is 0 Å². The van der Waals surface area contributed by atoms with Crippen molar-refractivity contribution in [2.24, 2.45) is 7.05 Å². The highest BCUT2D eigenvalue weighted by molar-refractivity contribution is 5.97. The van der Waals surface area contributed by atoms with Gasteiger partial charge in [-0.3, -0.25) is 9.69 Å². The number of hydrogen-bond donors (Lipinski definition) is 1. The van der Waals surface area contributed by atoms with Crippen LogP contribution in [0.15, 0.2) is 18.5 Å². The fourth-order valence-corrected chi connectivity index (χ4v) is 2.27. The molecule has 0 radical (unpaired) electrons. The van der Waals surface area contributed by atoms with Gasteiger partial charge in [0.1, 0.15) is 0 Å². The summed E-state index contributed by atoms with van der Waals surface area (Å²) in [5.41, 5.74) is 0.742. The molecule has 102 valence electrons. The lowest BCUT2D eigenvalue weighted by Crippen LogP contribution is -2.40. The molecular formula is C14H24N2O2. The second-order valence-electron chi connectivity index (χ2n) is 4.65. The summed E-state index contributed by atoms with van der Waals surface area (Å²) >= 11 is 0. The predicted octanol–water partition coefficient (Wildman–Crippen LogP) is 1.69. The quantitative estimate of drug-likeness (QED) is 0.716. The van der Waals surface area contributed by atoms with E-state index in [9.17, 15) is 4.79 Å². The summed E-state index contributed by atoms with van der Waals surface area (Å²) in [4.78, 5) is 14.2. The molecule has 1 aromatic rings. The summed E-state index contributed by atoms with van der Waals surface area (Å²) in [6.45, 7) is 5.28. The zero-order valence-electron chi connectivity index (χ0n) is 11.6. The zero-order chi connectivity index (χ0) is 13.5. The van der Waals surface area contributed by atoms with Gasteiger partial charge in [-0.1, -0.05) is 13.8 Å². The number of aryl methyl sites for hydroxylation is 1. The van der Waals surface area contributed by atoms with Crippen molar-refractivity contribution in [1.82, 2.24) is 9.47 Å². The molecule has 1 N–H and O–H groups in total. The fourth-order valence-electron chi connectivity index (χ4n) is 2.27. The molecule has 0 saturated carbocycles. The van der Waals surface area contributed by atoms with Crippen LogP contribution in [-0.4, -0.2) is 46.1 Å². The van der Waals surface area contributed by atoms with E-state index in [0.717, 1.165) is 18.4 Å². The van der Waals surface area contributed by atoms with Crippen LogP contribution in [0.4, 0.5) is 0 Å². The standard InChI is InChI=1S/C14H24N2O2/c1-4-13(5-2)16(8-9-17)11-14(18)12-6-7-15(3)10-12/h6-7,10,13,17H,4-5,8-9,11H2,1-3H3. The van der Waals surface area contributed by atoms with Gasteiger partial charge in [-0.05, 0) is 18.9 Å². The highest BCUT2D eigenvalue weighted by atomic mass is 16.3. The number of carbonyl (C=O) groups is 1. The molecule has 0 atom stereocenters. The van der Waals surface area contributed by atoms with Gasteiger partial charge in [0.25, 0.3) is 0 Å². The molecule has 18 heavy (non-hydrogen) atoms. The van der Waals surface area contributed by atoms with Gasteiger partial charge in [0, 0.05) is 37.6 Å². The molecule has 0 unspecified atom stereocenters. The second-order valence-corrected chi connectivity index (χ2v) is 4.65. The van der Waals surface area contributed by atoms with Gasteiger partial charge < -0.3 is 9.67 Å². The SMILES string of the molecule is CCC(CC)N(CCO)CC(=O)c1ccn(C)c1. The number of Topliss-reactive ketones (excluding diaryl/α,β-unsaturated/α-hetero) is 1. The Hall–Kier alpha value is -1.13. The first-order chi connectivity index (χ1) is 8.62. The molecule has 0 amide bonds. The van der Waals surface area contributed by atoms with Crippen LogP contribution >= 0.6 is 0 Å². The molecule has 0 fully saturated rings. The summed E-state index contributed by atoms with van der Waals surface area (Å²) in [7, 11) is 1.91. The third-order valence-corrected chi connectivity index (χ3v) is 3.35. The van der Waals surface area contributed by atoms with Gasteiger partial charge in [0.05, 0.1) is 13.2 Å². The van der Waals surface area contributed by atoms with E-state index in [2.05, 4.69) is 18.7 Å². The molecule has 1 aromatic heterocycles. The van der Waals surface area contributed by atoms with E-state index < -0.39 is 0 Å². The number of aliphatic hydroxyl groups is 1. The van der Waals surface area contributed by atoms with E-state index >= 15 is 0 Å². The molecule has 1 rings (SSSR count). The van der Waals surface area contributed by atoms with E-state index in [1.807, 2.05) is 30.1 Å². The minimum atomic E-state index is 0.0958. The summed E-state index contributed by atoms with van der Waals surface area (Å²) < 4.78 is 1.88. The lowest BCUT2D eigenvalue weighted by molar-refractivity contribution is 0.0850. The summed E-state index contributed by atoms with van der Waals surface area (Å²) in [5, 5.41) is 9.11. The Bertz CT molecular complexity index is 370. The molecule has 4 nitrogen and oxygen atoms in total. The Morgan fingerprint density at radius 1 is 1.44 bits per heavy atom. The predicted molar refractivity (Wildman–Crippen MR) is 72.8 cm³/mol. The monoisotopic (exact) mass is 252 g/mol. The highest BCUT2D eigenvalue weighted by Gasteiger charge is 2.18. The Labute approximate surface area is 109 Å². The smallest absolute Gasteiger partial charge is 0.178 e. The normalized spacial score (nSPS) is 11.4. The van der Waals surface area contributed by atoms with Crippen molar-refractivity contribution in [2.75, 3.05) is 19.7 Å². The Morgan fingerprint density at radius 3 is 2.56 bits per heavy atom. The van der Waals surface area contributed by atoms with Crippen molar-refractivity contribution in [2.45, 2.75) is 32.7 Å². The first kappa shape index (κ1) is 14.9. The molecule has 0 aliphatic heterocycles. The van der Waals surface area contributed by atoms with Crippen molar-refractivity contribution in [3.05, 3.63) is 24.0 Å². The maximum atomic E-state index is 12.1. The number of carbonyl (C=O) groups excluding carboxylic acids is 1. The van der Waals surface area contributed by atoms with Crippen LogP contribution in [0.3, 0.4) is 0 Å². The van der Waals surface area contributed by atoms with E-state index in [4.69, 9.17) is 5.11 Å². The molecule has 0 aliphatic rings. The molecule has 4 heteroatoms. The third kappa shape index (κ3) is 3.96. The average Bonchev–Trinajstić information content (AvgIpc) is 2.77. The largest absolute Gasteiger partial charge is 0.395 e. The number of aromatic nitrogens is 1. The van der Waals surface area contributed by atoms with Crippen LogP contribution in [0.5, 0.6) is 0 Å². The van der Waals surface area contributed by atoms with Crippen LogP contribution in [0.1, 0.15) is 37.0 Å². The van der Waals surface area contributed by atoms with Crippen LogP contribution in [0, 0.1) is 0 Å². The summed E-state index contributed by atoms with van der Waals surface area (Å²) in [6, 6.07) is 2.21. The molecule has 0 aromatic carbocycles. The van der Waals surface area contributed by atoms with Crippen molar-refractivity contribution < 1.29 is 9.90 Å². The second kappa shape index (κ2) is 7.34. The molecule has 1 heterocycles. The molecule has 0 spiro atoms. The zero-order valence-corrected chi connectivity index (χ0v) is 11.6. The Balaban J connectivity index is 2.68. The molecular weight excluding hydrogens is 228 g/mol. The van der Waals surface area contributed by atoms with E-state index in [-0.39, 0.29) is 12.4 Å². The first-order valence-electron chi connectivity index (χ1n) is 6.62. The maximum absolute atomic E-state index is 12.1. The van der Waals surface area contributed by atoms with Gasteiger partial charge in [-0.2, -0.15) is 0 Å². The van der Waals surface area contributed by atoms with Gasteiger partial charge in [0.15, 0.2) is 5.78 Å². The number of rotatable bonds is 8. The topological polar surface area (TPSA) is 45.5 Å². The fraction of sp³-hybridized carbons (Fsp3) is 0.643. The minimum absolute atomic E-state index is 0.0958. The summed E-state index contributed by atoms with van der Waals surface area (Å²) in [5.74, 6) is 0.121. The van der Waals surface area contributed by atoms with E-state index in [1.165, 1.54) is 0 Å². The minimum Gasteiger partial charge on any atom is -0.395 e. The highest BCUT2D eigenvalue weighted by Crippen LogP contribution is 2.10. The Morgan fingerprint density at radius 2 is 2.11 bits per heavy atom. The van der Waals surface area contributed by atoms with E-state index in [1.54, 1.807) is 0 Å². The van der Waals surface area contributed by atoms with Crippen LogP contribution in [0.2, 0.25) is 0 Å². The number of ketones is 1. The average molecular weight is 252 g/mol. The molecule has 0 bridgehead atoms. The lowest BCUT2D eigenvalue weighted by atomic mass is 10.1. The van der Waals surface area contributed by atoms with Crippen LogP contribution < -0.4 is 0 Å². The van der Waals surface area contributed by atoms with Crippen molar-refractivity contribution in [3.8, 4) is 0 Å². The molecule has 0 aliphatic carbocycles. The maximum Gasteiger partial charge on any atom is 0.178 e. The number of hydrogen-bond acceptors (Lipinski definition) is 3. The lowest BCUT2D eigenvalue weighted by Gasteiger charge is -2.28. The van der Waals surface area contributed by atoms with Crippen molar-refractivity contribution in [3.63, 3.8) is 0 Å². The molecule has 0 saturated heterocycles. The van der Waals surface area contributed by atoms with Crippen LogP contribution in [0.25, 0.3) is 0 Å². The van der Waals surface area contributed by atoms with Gasteiger partial charge >= 0.3 is 0 Å². The van der Waals surface area contributed by atoms with Crippen molar-refractivity contribution in [1.29, 1.82) is 0 Å².